The second-order valence-corrected chi connectivity index (χ2v) is 3.96. The largest absolute Gasteiger partial charge is 0.491 e. The van der Waals surface area contributed by atoms with Gasteiger partial charge in [0.1, 0.15) is 5.75 Å². The van der Waals surface area contributed by atoms with E-state index in [1.165, 1.54) is 0 Å². The maximum atomic E-state index is 8.68. The molecule has 0 spiro atoms. The Bertz CT molecular complexity index is 327. The Kier molecular flexibility index (Phi) is 4.92. The van der Waals surface area contributed by atoms with Gasteiger partial charge in [0.05, 0.1) is 6.10 Å². The van der Waals surface area contributed by atoms with Gasteiger partial charge in [0, 0.05) is 36.7 Å². The predicted molar refractivity (Wildman–Crippen MR) is 66.8 cm³/mol. The quantitative estimate of drug-likeness (QED) is 0.509. The van der Waals surface area contributed by atoms with Crippen LogP contribution in [0.15, 0.2) is 18.2 Å². The molecule has 0 saturated heterocycles. The molecule has 0 heterocycles. The second kappa shape index (κ2) is 6.23. The molecule has 1 rings (SSSR count). The maximum Gasteiger partial charge on any atom is 0.123 e. The van der Waals surface area contributed by atoms with Crippen LogP contribution >= 0.6 is 0 Å². The molecule has 16 heavy (non-hydrogen) atoms. The fourth-order valence-electron chi connectivity index (χ4n) is 1.38. The first-order valence-corrected chi connectivity index (χ1v) is 5.54. The Hall–Kier alpha value is -1.42. The van der Waals surface area contributed by atoms with Crippen molar-refractivity contribution in [1.29, 1.82) is 0 Å². The van der Waals surface area contributed by atoms with E-state index in [1.807, 2.05) is 26.0 Å². The van der Waals surface area contributed by atoms with Crippen LogP contribution in [0.5, 0.6) is 5.75 Å². The van der Waals surface area contributed by atoms with Crippen LogP contribution in [0, 0.1) is 0 Å². The lowest BCUT2D eigenvalue weighted by Crippen LogP contribution is -2.07. The molecule has 90 valence electrons. The molecule has 0 fully saturated rings. The molecule has 0 aromatic heterocycles. The normalized spacial score (nSPS) is 10.5. The third-order valence-electron chi connectivity index (χ3n) is 1.96. The number of benzene rings is 1. The molecule has 4 nitrogen and oxygen atoms in total. The van der Waals surface area contributed by atoms with Gasteiger partial charge in [-0.2, -0.15) is 0 Å². The number of hydrogen-bond donors (Lipinski definition) is 3. The van der Waals surface area contributed by atoms with Gasteiger partial charge < -0.3 is 20.9 Å². The molecule has 0 radical (unpaired) electrons. The molecule has 0 amide bonds. The van der Waals surface area contributed by atoms with E-state index >= 15 is 0 Å². The number of hydrogen-bond acceptors (Lipinski definition) is 4. The lowest BCUT2D eigenvalue weighted by Gasteiger charge is -2.13. The monoisotopic (exact) mass is 224 g/mol. The summed E-state index contributed by atoms with van der Waals surface area (Å²) < 4.78 is 5.57. The summed E-state index contributed by atoms with van der Waals surface area (Å²) in [7, 11) is 0. The third-order valence-corrected chi connectivity index (χ3v) is 1.96. The number of nitrogens with one attached hydrogen (secondary N) is 1. The molecule has 0 bridgehead atoms. The lowest BCUT2D eigenvalue weighted by atomic mass is 10.2. The molecule has 0 aliphatic heterocycles. The van der Waals surface area contributed by atoms with Gasteiger partial charge >= 0.3 is 0 Å². The van der Waals surface area contributed by atoms with Crippen LogP contribution in [0.1, 0.15) is 20.3 Å². The van der Waals surface area contributed by atoms with Gasteiger partial charge in [0.15, 0.2) is 0 Å². The Morgan fingerprint density at radius 2 is 2.12 bits per heavy atom. The van der Waals surface area contributed by atoms with Gasteiger partial charge in [0.25, 0.3) is 0 Å². The summed E-state index contributed by atoms with van der Waals surface area (Å²) in [6.45, 7) is 4.86. The fraction of sp³-hybridized carbons (Fsp3) is 0.500. The summed E-state index contributed by atoms with van der Waals surface area (Å²) in [6, 6.07) is 5.56. The van der Waals surface area contributed by atoms with Gasteiger partial charge in [0.2, 0.25) is 0 Å². The van der Waals surface area contributed by atoms with Gasteiger partial charge in [-0.05, 0) is 26.3 Å². The summed E-state index contributed by atoms with van der Waals surface area (Å²) in [4.78, 5) is 0. The summed E-state index contributed by atoms with van der Waals surface area (Å²) in [6.07, 6.45) is 0.849. The van der Waals surface area contributed by atoms with Crippen molar-refractivity contribution in [1.82, 2.24) is 0 Å². The average Bonchev–Trinajstić information content (AvgIpc) is 2.16. The number of aliphatic hydroxyl groups excluding tert-OH is 1. The highest BCUT2D eigenvalue weighted by atomic mass is 16.5. The van der Waals surface area contributed by atoms with Gasteiger partial charge in [-0.25, -0.2) is 0 Å². The number of rotatable bonds is 6. The van der Waals surface area contributed by atoms with Crippen LogP contribution in [0.4, 0.5) is 11.4 Å². The van der Waals surface area contributed by atoms with Crippen LogP contribution in [0.2, 0.25) is 0 Å². The summed E-state index contributed by atoms with van der Waals surface area (Å²) in [5, 5.41) is 11.9. The molecule has 4 heteroatoms. The Morgan fingerprint density at radius 1 is 1.38 bits per heavy atom. The van der Waals surface area contributed by atoms with E-state index in [1.54, 1.807) is 6.07 Å². The van der Waals surface area contributed by atoms with Crippen molar-refractivity contribution in [3.05, 3.63) is 18.2 Å². The Labute approximate surface area is 96.4 Å². The summed E-state index contributed by atoms with van der Waals surface area (Å²) >= 11 is 0. The van der Waals surface area contributed by atoms with E-state index in [9.17, 15) is 0 Å². The molecule has 0 atom stereocenters. The van der Waals surface area contributed by atoms with Gasteiger partial charge in [-0.15, -0.1) is 0 Å². The van der Waals surface area contributed by atoms with E-state index in [-0.39, 0.29) is 12.7 Å². The first-order valence-electron chi connectivity index (χ1n) is 5.54. The SMILES string of the molecule is CC(C)Oc1cc(N)cc(NCCCO)c1. The molecule has 1 aromatic carbocycles. The second-order valence-electron chi connectivity index (χ2n) is 3.96. The number of anilines is 2. The summed E-state index contributed by atoms with van der Waals surface area (Å²) in [5.74, 6) is 0.765. The predicted octanol–water partition coefficient (Wildman–Crippen LogP) is 1.85. The van der Waals surface area contributed by atoms with E-state index in [2.05, 4.69) is 5.32 Å². The standard InChI is InChI=1S/C12H20N2O2/c1-9(2)16-12-7-10(13)6-11(8-12)14-4-3-5-15/h6-9,14-15H,3-5,13H2,1-2H3. The number of nitrogen functional groups attached to an aromatic ring is 1. The molecule has 0 saturated carbocycles. The minimum Gasteiger partial charge on any atom is -0.491 e. The van der Waals surface area contributed by atoms with Crippen LogP contribution in [0.3, 0.4) is 0 Å². The lowest BCUT2D eigenvalue weighted by molar-refractivity contribution is 0.242. The van der Waals surface area contributed by atoms with Crippen molar-refractivity contribution < 1.29 is 9.84 Å². The molecule has 4 N–H and O–H groups in total. The molecular formula is C12H20N2O2. The maximum absolute atomic E-state index is 8.68. The fourth-order valence-corrected chi connectivity index (χ4v) is 1.38. The van der Waals surface area contributed by atoms with Crippen molar-refractivity contribution >= 4 is 11.4 Å². The van der Waals surface area contributed by atoms with Crippen molar-refractivity contribution in [2.45, 2.75) is 26.4 Å². The van der Waals surface area contributed by atoms with Gasteiger partial charge in [-0.3, -0.25) is 0 Å². The van der Waals surface area contributed by atoms with Crippen LogP contribution in [-0.2, 0) is 0 Å². The van der Waals surface area contributed by atoms with Crippen molar-refractivity contribution in [2.24, 2.45) is 0 Å². The zero-order valence-corrected chi connectivity index (χ0v) is 9.86. The molecule has 0 aliphatic carbocycles. The van der Waals surface area contributed by atoms with Crippen LogP contribution in [-0.4, -0.2) is 24.4 Å². The van der Waals surface area contributed by atoms with Crippen LogP contribution in [0.25, 0.3) is 0 Å². The first-order chi connectivity index (χ1) is 7.61. The Balaban J connectivity index is 2.65. The molecule has 0 aliphatic rings. The minimum atomic E-state index is 0.132. The zero-order valence-electron chi connectivity index (χ0n) is 9.86. The smallest absolute Gasteiger partial charge is 0.123 e. The van der Waals surface area contributed by atoms with E-state index in [0.29, 0.717) is 5.69 Å². The highest BCUT2D eigenvalue weighted by Crippen LogP contribution is 2.23. The topological polar surface area (TPSA) is 67.5 Å². The van der Waals surface area contributed by atoms with Gasteiger partial charge in [-0.1, -0.05) is 0 Å². The van der Waals surface area contributed by atoms with Crippen molar-refractivity contribution in [2.75, 3.05) is 24.2 Å². The van der Waals surface area contributed by atoms with Crippen molar-refractivity contribution in [3.63, 3.8) is 0 Å². The van der Waals surface area contributed by atoms with Crippen molar-refractivity contribution in [3.8, 4) is 5.75 Å². The highest BCUT2D eigenvalue weighted by molar-refractivity contribution is 5.59. The van der Waals surface area contributed by atoms with E-state index in [0.717, 1.165) is 24.4 Å². The third kappa shape index (κ3) is 4.40. The number of ether oxygens (including phenoxy) is 1. The molecular weight excluding hydrogens is 204 g/mol. The Morgan fingerprint density at radius 3 is 2.75 bits per heavy atom. The first kappa shape index (κ1) is 12.6. The van der Waals surface area contributed by atoms with E-state index in [4.69, 9.17) is 15.6 Å². The highest BCUT2D eigenvalue weighted by Gasteiger charge is 2.01. The van der Waals surface area contributed by atoms with Crippen LogP contribution < -0.4 is 15.8 Å². The zero-order chi connectivity index (χ0) is 12.0. The summed E-state index contributed by atoms with van der Waals surface area (Å²) in [5.41, 5.74) is 7.36. The average molecular weight is 224 g/mol. The molecule has 1 aromatic rings. The van der Waals surface area contributed by atoms with E-state index < -0.39 is 0 Å². The number of aliphatic hydroxyl groups is 1. The number of nitrogens with two attached hydrogens (primary N) is 1. The molecule has 0 unspecified atom stereocenters. The minimum absolute atomic E-state index is 0.132.